The van der Waals surface area contributed by atoms with Crippen molar-refractivity contribution in [3.05, 3.63) is 95.1 Å². The fourth-order valence-corrected chi connectivity index (χ4v) is 4.69. The summed E-state index contributed by atoms with van der Waals surface area (Å²) >= 11 is 0. The molecule has 1 N–H and O–H groups in total. The van der Waals surface area contributed by atoms with Crippen molar-refractivity contribution in [2.75, 3.05) is 19.7 Å². The van der Waals surface area contributed by atoms with Gasteiger partial charge in [0.2, 0.25) is 5.91 Å². The van der Waals surface area contributed by atoms with Gasteiger partial charge < -0.3 is 14.8 Å². The summed E-state index contributed by atoms with van der Waals surface area (Å²) in [7, 11) is 0. The molecule has 5 rings (SSSR count). The van der Waals surface area contributed by atoms with Gasteiger partial charge in [0.25, 0.3) is 0 Å². The second-order valence-electron chi connectivity index (χ2n) is 8.89. The summed E-state index contributed by atoms with van der Waals surface area (Å²) in [5.74, 6) is 1.54. The average molecular weight is 443 g/mol. The van der Waals surface area contributed by atoms with E-state index < -0.39 is 0 Å². The molecule has 0 saturated heterocycles. The number of nitrogens with one attached hydrogen (secondary N) is 1. The number of hydrogen-bond acceptors (Lipinski definition) is 4. The summed E-state index contributed by atoms with van der Waals surface area (Å²) < 4.78 is 12.3. The van der Waals surface area contributed by atoms with E-state index in [4.69, 9.17) is 9.47 Å². The first-order chi connectivity index (χ1) is 16.2. The van der Waals surface area contributed by atoms with Crippen LogP contribution in [0.2, 0.25) is 0 Å². The summed E-state index contributed by atoms with van der Waals surface area (Å²) in [6.07, 6.45) is 2.25. The van der Waals surface area contributed by atoms with E-state index in [1.54, 1.807) is 0 Å². The van der Waals surface area contributed by atoms with E-state index >= 15 is 0 Å². The van der Waals surface area contributed by atoms with Crippen LogP contribution < -0.4 is 10.1 Å². The Hall–Kier alpha value is -3.15. The van der Waals surface area contributed by atoms with Crippen molar-refractivity contribution < 1.29 is 14.3 Å². The van der Waals surface area contributed by atoms with Gasteiger partial charge in [-0.05, 0) is 59.4 Å². The van der Waals surface area contributed by atoms with Crippen molar-refractivity contribution in [2.45, 2.75) is 38.5 Å². The zero-order chi connectivity index (χ0) is 22.5. The largest absolute Gasteiger partial charge is 0.457 e. The van der Waals surface area contributed by atoms with E-state index in [1.165, 1.54) is 11.1 Å². The maximum absolute atomic E-state index is 12.5. The van der Waals surface area contributed by atoms with Crippen LogP contribution in [0.5, 0.6) is 11.5 Å². The van der Waals surface area contributed by atoms with Crippen LogP contribution in [0.25, 0.3) is 0 Å². The Morgan fingerprint density at radius 1 is 0.879 bits per heavy atom. The van der Waals surface area contributed by atoms with Crippen LogP contribution in [0.3, 0.4) is 0 Å². The lowest BCUT2D eigenvalue weighted by molar-refractivity contribution is -0.120. The monoisotopic (exact) mass is 442 g/mol. The zero-order valence-corrected chi connectivity index (χ0v) is 18.8. The molecule has 33 heavy (non-hydrogen) atoms. The Morgan fingerprint density at radius 2 is 1.64 bits per heavy atom. The molecule has 170 valence electrons. The second kappa shape index (κ2) is 10.2. The van der Waals surface area contributed by atoms with Gasteiger partial charge in [-0.3, -0.25) is 9.69 Å². The van der Waals surface area contributed by atoms with Crippen molar-refractivity contribution in [1.29, 1.82) is 0 Å². The van der Waals surface area contributed by atoms with E-state index in [0.29, 0.717) is 32.2 Å². The summed E-state index contributed by atoms with van der Waals surface area (Å²) in [6, 6.07) is 24.8. The Bertz CT molecular complexity index is 1110. The number of nitrogens with zero attached hydrogens (tertiary/aromatic N) is 1. The summed E-state index contributed by atoms with van der Waals surface area (Å²) in [4.78, 5) is 15.0. The minimum absolute atomic E-state index is 0.0409. The molecule has 0 radical (unpaired) electrons. The molecular formula is C28H30N2O3. The second-order valence-corrected chi connectivity index (χ2v) is 8.89. The van der Waals surface area contributed by atoms with Gasteiger partial charge >= 0.3 is 0 Å². The smallest absolute Gasteiger partial charge is 0.224 e. The highest BCUT2D eigenvalue weighted by atomic mass is 16.5. The maximum Gasteiger partial charge on any atom is 0.224 e. The Balaban J connectivity index is 1.35. The highest BCUT2D eigenvalue weighted by molar-refractivity contribution is 5.78. The average Bonchev–Trinajstić information content (AvgIpc) is 2.82. The van der Waals surface area contributed by atoms with Crippen LogP contribution in [-0.2, 0) is 35.5 Å². The minimum atomic E-state index is 0.0409. The first-order valence-electron chi connectivity index (χ1n) is 11.7. The third kappa shape index (κ3) is 5.62. The van der Waals surface area contributed by atoms with Crippen molar-refractivity contribution >= 4 is 5.91 Å². The van der Waals surface area contributed by atoms with Crippen LogP contribution in [-0.4, -0.2) is 36.5 Å². The van der Waals surface area contributed by atoms with Gasteiger partial charge in [-0.1, -0.05) is 48.5 Å². The molecule has 4 bridgehead atoms. The molecule has 0 aromatic heterocycles. The highest BCUT2D eigenvalue weighted by Gasteiger charge is 2.25. The lowest BCUT2D eigenvalue weighted by Crippen LogP contribution is -2.44. The van der Waals surface area contributed by atoms with Gasteiger partial charge in [0.05, 0.1) is 19.6 Å². The number of amides is 1. The van der Waals surface area contributed by atoms with Crippen molar-refractivity contribution in [1.82, 2.24) is 10.2 Å². The van der Waals surface area contributed by atoms with Crippen molar-refractivity contribution in [2.24, 2.45) is 0 Å². The fourth-order valence-electron chi connectivity index (χ4n) is 4.69. The third-order valence-electron chi connectivity index (χ3n) is 6.38. The molecule has 0 fully saturated rings. The lowest BCUT2D eigenvalue weighted by Gasteiger charge is -2.37. The molecule has 2 heterocycles. The Morgan fingerprint density at radius 3 is 2.48 bits per heavy atom. The van der Waals surface area contributed by atoms with Gasteiger partial charge in [0, 0.05) is 25.7 Å². The van der Waals surface area contributed by atoms with E-state index in [2.05, 4.69) is 40.5 Å². The van der Waals surface area contributed by atoms with Crippen molar-refractivity contribution in [3.8, 4) is 11.5 Å². The van der Waals surface area contributed by atoms with Crippen LogP contribution in [0.15, 0.2) is 72.8 Å². The molecule has 5 heteroatoms. The molecule has 5 nitrogen and oxygen atoms in total. The first kappa shape index (κ1) is 21.7. The molecule has 0 aliphatic carbocycles. The van der Waals surface area contributed by atoms with E-state index in [9.17, 15) is 4.79 Å². The van der Waals surface area contributed by atoms with Crippen LogP contribution >= 0.6 is 0 Å². The number of fused-ring (bicyclic) bond motifs is 6. The normalized spacial score (nSPS) is 19.8. The Labute approximate surface area is 195 Å². The number of carbonyl (C=O) groups is 1. The van der Waals surface area contributed by atoms with Crippen LogP contribution in [0.4, 0.5) is 0 Å². The maximum atomic E-state index is 12.5. The topological polar surface area (TPSA) is 50.8 Å². The van der Waals surface area contributed by atoms with Crippen LogP contribution in [0, 0.1) is 0 Å². The number of ether oxygens (including phenoxy) is 2. The summed E-state index contributed by atoms with van der Waals surface area (Å²) in [6.45, 7) is 3.76. The molecule has 0 saturated carbocycles. The molecule has 2 aliphatic heterocycles. The predicted octanol–water partition coefficient (Wildman–Crippen LogP) is 4.48. The molecule has 1 amide bonds. The molecule has 0 unspecified atom stereocenters. The third-order valence-corrected chi connectivity index (χ3v) is 6.38. The van der Waals surface area contributed by atoms with Gasteiger partial charge in [-0.2, -0.15) is 0 Å². The van der Waals surface area contributed by atoms with Crippen molar-refractivity contribution in [3.63, 3.8) is 0 Å². The molecule has 1 atom stereocenters. The lowest BCUT2D eigenvalue weighted by atomic mass is 9.94. The predicted molar refractivity (Wildman–Crippen MR) is 128 cm³/mol. The number of benzene rings is 3. The standard InChI is InChI=1S/C28H30N2O3/c31-28-16-21-6-3-10-26(14-21)33-27-11-4-7-22(15-27)19-32-20-25-17-23-8-1-2-9-24(23)18-30(25)13-5-12-29-28/h1-4,6-11,14-15,25H,5,12-13,16-20H2,(H,29,31)/t25-/m0/s1. The SMILES string of the molecule is O=C1Cc2cccc(c2)Oc2cccc(c2)COC[C@@H]2Cc3ccccc3CN2CCCN1. The van der Waals surface area contributed by atoms with Crippen LogP contribution in [0.1, 0.15) is 28.7 Å². The summed E-state index contributed by atoms with van der Waals surface area (Å²) in [5.41, 5.74) is 4.84. The number of rotatable bonds is 0. The highest BCUT2D eigenvalue weighted by Crippen LogP contribution is 2.26. The molecule has 3 aromatic rings. The van der Waals surface area contributed by atoms with E-state index in [0.717, 1.165) is 48.6 Å². The summed E-state index contributed by atoms with van der Waals surface area (Å²) in [5, 5.41) is 3.08. The minimum Gasteiger partial charge on any atom is -0.457 e. The fraction of sp³-hybridized carbons (Fsp3) is 0.321. The zero-order valence-electron chi connectivity index (χ0n) is 18.8. The molecule has 2 aliphatic rings. The van der Waals surface area contributed by atoms with E-state index in [1.807, 2.05) is 42.5 Å². The quantitative estimate of drug-likeness (QED) is 0.558. The number of hydrogen-bond donors (Lipinski definition) is 1. The first-order valence-corrected chi connectivity index (χ1v) is 11.7. The molecule has 0 spiro atoms. The molecule has 3 aromatic carbocycles. The van der Waals surface area contributed by atoms with Gasteiger partial charge in [-0.25, -0.2) is 0 Å². The number of carbonyl (C=O) groups excluding carboxylic acids is 1. The van der Waals surface area contributed by atoms with Gasteiger partial charge in [-0.15, -0.1) is 0 Å². The van der Waals surface area contributed by atoms with Gasteiger partial charge in [0.1, 0.15) is 11.5 Å². The molecular weight excluding hydrogens is 412 g/mol. The van der Waals surface area contributed by atoms with E-state index in [-0.39, 0.29) is 5.91 Å². The van der Waals surface area contributed by atoms with Gasteiger partial charge in [0.15, 0.2) is 0 Å². The Kier molecular flexibility index (Phi) is 6.70.